The highest BCUT2D eigenvalue weighted by molar-refractivity contribution is 6.52. The largest absolute Gasteiger partial charge is 0.550 e. The first-order chi connectivity index (χ1) is 11.6. The van der Waals surface area contributed by atoms with E-state index in [1.54, 1.807) is 6.07 Å². The van der Waals surface area contributed by atoms with Crippen molar-refractivity contribution < 1.29 is 18.4 Å². The highest BCUT2D eigenvalue weighted by Gasteiger charge is 2.34. The van der Waals surface area contributed by atoms with Gasteiger partial charge in [-0.05, 0) is 45.8 Å². The number of allylic oxidation sites excluding steroid dienone is 1. The summed E-state index contributed by atoms with van der Waals surface area (Å²) in [6.07, 6.45) is 0. The summed E-state index contributed by atoms with van der Waals surface area (Å²) in [5.41, 5.74) is 1.03. The van der Waals surface area contributed by atoms with Gasteiger partial charge in [0, 0.05) is 11.1 Å². The molecule has 4 nitrogen and oxygen atoms in total. The monoisotopic (exact) mass is 350 g/mol. The molecule has 24 heavy (non-hydrogen) atoms. The van der Waals surface area contributed by atoms with E-state index in [4.69, 9.17) is 8.85 Å². The van der Waals surface area contributed by atoms with Crippen molar-refractivity contribution in [3.8, 4) is 0 Å². The fraction of sp³-hybridized carbons (Fsp3) is 0. The molecule has 0 N–H and O–H groups in total. The van der Waals surface area contributed by atoms with Crippen LogP contribution in [-0.4, -0.2) is 32.5 Å². The van der Waals surface area contributed by atoms with Crippen molar-refractivity contribution in [1.29, 1.82) is 0 Å². The van der Waals surface area contributed by atoms with Gasteiger partial charge in [0.2, 0.25) is 26.8 Å². The minimum atomic E-state index is -0.622. The van der Waals surface area contributed by atoms with Crippen LogP contribution in [0.2, 0.25) is 0 Å². The van der Waals surface area contributed by atoms with Gasteiger partial charge < -0.3 is 8.85 Å². The zero-order chi connectivity index (χ0) is 16.8. The van der Waals surface area contributed by atoms with Crippen molar-refractivity contribution in [2.45, 2.75) is 0 Å². The molecule has 1 aliphatic rings. The van der Waals surface area contributed by atoms with Crippen molar-refractivity contribution in [2.75, 3.05) is 0 Å². The van der Waals surface area contributed by atoms with Crippen LogP contribution in [0.4, 0.5) is 0 Å². The summed E-state index contributed by atoms with van der Waals surface area (Å²) in [7, 11) is 0.729. The quantitative estimate of drug-likeness (QED) is 0.393. The van der Waals surface area contributed by atoms with Crippen LogP contribution in [-0.2, 0) is 13.6 Å². The molecule has 118 valence electrons. The molecule has 0 amide bonds. The molecular weight excluding hydrogens is 336 g/mol. The Morgan fingerprint density at radius 3 is 1.71 bits per heavy atom. The van der Waals surface area contributed by atoms with Gasteiger partial charge in [-0.15, -0.1) is 0 Å². The van der Waals surface area contributed by atoms with Crippen molar-refractivity contribution in [3.05, 3.63) is 65.4 Å². The zero-order valence-corrected chi connectivity index (χ0v) is 17.3. The number of benzene rings is 3. The summed E-state index contributed by atoms with van der Waals surface area (Å²) in [6.45, 7) is 0. The van der Waals surface area contributed by atoms with E-state index in [1.807, 2.05) is 30.3 Å². The van der Waals surface area contributed by atoms with Gasteiger partial charge in [-0.1, -0.05) is 24.3 Å². The Kier molecular flexibility index (Phi) is 3.36. The van der Waals surface area contributed by atoms with Crippen LogP contribution in [0.25, 0.3) is 27.3 Å². The second kappa shape index (κ2) is 5.43. The number of carbonyl (C=O) groups excluding carboxylic acids is 2. The second-order valence-electron chi connectivity index (χ2n) is 5.67. The number of hydrogen-bond donors (Lipinski definition) is 0. The first kappa shape index (κ1) is 14.9. The first-order valence-electron chi connectivity index (χ1n) is 7.52. The second-order valence-corrected chi connectivity index (χ2v) is 6.49. The molecule has 3 aromatic carbocycles. The van der Waals surface area contributed by atoms with Crippen LogP contribution in [0, 0.1) is 0 Å². The zero-order valence-electron chi connectivity index (χ0n) is 13.3. The number of fused-ring (bicyclic) bond motifs is 3. The average molecular weight is 350 g/mol. The Morgan fingerprint density at radius 2 is 1.17 bits per heavy atom. The lowest BCUT2D eigenvalue weighted by Gasteiger charge is -2.21. The Balaban J connectivity index is 2.09. The molecule has 0 radical (unpaired) electrons. The number of Topliss-reactive ketones (excluding diaryl/α,β-unsaturated/α-hetero) is 2. The lowest BCUT2D eigenvalue weighted by atomic mass is 9.89. The van der Waals surface area contributed by atoms with Crippen molar-refractivity contribution in [3.63, 3.8) is 0 Å². The molecule has 0 atom stereocenters. The molecule has 0 saturated carbocycles. The van der Waals surface area contributed by atoms with Crippen LogP contribution in [0.1, 0.15) is 15.9 Å². The lowest BCUT2D eigenvalue weighted by molar-refractivity contribution is -0.113. The summed E-state index contributed by atoms with van der Waals surface area (Å²) in [5, 5.41) is 4.15. The maximum Gasteiger partial charge on any atom is 0.270 e. The van der Waals surface area contributed by atoms with Crippen LogP contribution >= 0.6 is 0 Å². The van der Waals surface area contributed by atoms with Crippen molar-refractivity contribution >= 4 is 59.8 Å². The SMILES string of the molecule is O=C1C(=O)c2cc3cc4ccccc4cc3cc2C(O[SiH3])=C1O[SiH3]. The lowest BCUT2D eigenvalue weighted by Crippen LogP contribution is -2.25. The minimum absolute atomic E-state index is 0.0503. The summed E-state index contributed by atoms with van der Waals surface area (Å²) < 4.78 is 10.8. The van der Waals surface area contributed by atoms with Gasteiger partial charge in [0.05, 0.1) is 0 Å². The smallest absolute Gasteiger partial charge is 0.270 e. The Morgan fingerprint density at radius 1 is 0.625 bits per heavy atom. The Labute approximate surface area is 144 Å². The maximum atomic E-state index is 12.5. The summed E-state index contributed by atoms with van der Waals surface area (Å²) in [4.78, 5) is 24.7. The van der Waals surface area contributed by atoms with Gasteiger partial charge in [0.15, 0.2) is 11.5 Å². The molecule has 6 heteroatoms. The number of carbonyl (C=O) groups is 2. The van der Waals surface area contributed by atoms with Gasteiger partial charge in [0.25, 0.3) is 5.78 Å². The molecule has 0 aromatic heterocycles. The number of rotatable bonds is 2. The molecule has 0 aliphatic heterocycles. The van der Waals surface area contributed by atoms with Crippen LogP contribution < -0.4 is 0 Å². The fourth-order valence-electron chi connectivity index (χ4n) is 3.21. The first-order valence-corrected chi connectivity index (χ1v) is 9.15. The highest BCUT2D eigenvalue weighted by Crippen LogP contribution is 2.34. The normalized spacial score (nSPS) is 14.5. The van der Waals surface area contributed by atoms with Gasteiger partial charge in [-0.25, -0.2) is 0 Å². The summed E-state index contributed by atoms with van der Waals surface area (Å²) in [5.74, 6) is -0.711. The molecule has 1 aliphatic carbocycles. The molecule has 3 aromatic rings. The molecular formula is C18H14O4Si2. The average Bonchev–Trinajstić information content (AvgIpc) is 2.61. The molecule has 0 saturated heterocycles. The predicted molar refractivity (Wildman–Crippen MR) is 99.8 cm³/mol. The van der Waals surface area contributed by atoms with Gasteiger partial charge in [-0.2, -0.15) is 0 Å². The third-order valence-electron chi connectivity index (χ3n) is 4.36. The molecule has 4 rings (SSSR count). The molecule has 0 bridgehead atoms. The van der Waals surface area contributed by atoms with E-state index in [0.717, 1.165) is 21.5 Å². The fourth-order valence-corrected chi connectivity index (χ4v) is 3.98. The highest BCUT2D eigenvalue weighted by atomic mass is 28.2. The van der Waals surface area contributed by atoms with E-state index in [2.05, 4.69) is 12.1 Å². The van der Waals surface area contributed by atoms with Crippen molar-refractivity contribution in [2.24, 2.45) is 0 Å². The minimum Gasteiger partial charge on any atom is -0.550 e. The van der Waals surface area contributed by atoms with E-state index in [9.17, 15) is 9.59 Å². The molecule has 0 unspecified atom stereocenters. The van der Waals surface area contributed by atoms with Crippen LogP contribution in [0.3, 0.4) is 0 Å². The predicted octanol–water partition coefficient (Wildman–Crippen LogP) is 1.02. The van der Waals surface area contributed by atoms with Crippen LogP contribution in [0.5, 0.6) is 0 Å². The van der Waals surface area contributed by atoms with E-state index >= 15 is 0 Å². The number of ketones is 2. The third kappa shape index (κ3) is 2.04. The van der Waals surface area contributed by atoms with Gasteiger partial charge in [-0.3, -0.25) is 9.59 Å². The van der Waals surface area contributed by atoms with Gasteiger partial charge >= 0.3 is 0 Å². The van der Waals surface area contributed by atoms with Crippen molar-refractivity contribution in [1.82, 2.24) is 0 Å². The summed E-state index contributed by atoms with van der Waals surface area (Å²) >= 11 is 0. The van der Waals surface area contributed by atoms with E-state index < -0.39 is 11.6 Å². The molecule has 0 heterocycles. The van der Waals surface area contributed by atoms with E-state index in [1.165, 1.54) is 0 Å². The topological polar surface area (TPSA) is 52.6 Å². The van der Waals surface area contributed by atoms with E-state index in [-0.39, 0.29) is 5.76 Å². The molecule has 0 fully saturated rings. The Bertz CT molecular complexity index is 1070. The van der Waals surface area contributed by atoms with Crippen LogP contribution in [0.15, 0.2) is 54.3 Å². The maximum absolute atomic E-state index is 12.5. The standard InChI is InChI=1S/C18H14O4Si2/c19-15-13-7-11-5-9-3-1-2-4-10(9)6-12(11)8-14(13)17(21-23)18(22-24)16(15)20/h1-8H,23-24H3. The number of hydrogen-bond acceptors (Lipinski definition) is 4. The molecule has 0 spiro atoms. The Hall–Kier alpha value is -2.71. The van der Waals surface area contributed by atoms with Gasteiger partial charge in [0.1, 0.15) is 0 Å². The summed E-state index contributed by atoms with van der Waals surface area (Å²) in [6, 6.07) is 15.9. The van der Waals surface area contributed by atoms with E-state index in [0.29, 0.717) is 37.9 Å². The third-order valence-corrected chi connectivity index (χ3v) is 5.17.